The van der Waals surface area contributed by atoms with Gasteiger partial charge in [0.05, 0.1) is 0 Å². The number of rotatable bonds is 3. The molecule has 7 nitrogen and oxygen atoms in total. The van der Waals surface area contributed by atoms with Crippen LogP contribution in [-0.4, -0.2) is 28.3 Å². The first-order valence-electron chi connectivity index (χ1n) is 5.19. The molecule has 0 fully saturated rings. The van der Waals surface area contributed by atoms with Crippen molar-refractivity contribution in [3.63, 3.8) is 0 Å². The summed E-state index contributed by atoms with van der Waals surface area (Å²) < 4.78 is 0. The van der Waals surface area contributed by atoms with Gasteiger partial charge >= 0.3 is 0 Å². The van der Waals surface area contributed by atoms with E-state index in [1.165, 1.54) is 6.92 Å². The fourth-order valence-electron chi connectivity index (χ4n) is 1.30. The van der Waals surface area contributed by atoms with Gasteiger partial charge in [-0.3, -0.25) is 19.7 Å². The van der Waals surface area contributed by atoms with Crippen molar-refractivity contribution in [2.75, 3.05) is 5.32 Å². The lowest BCUT2D eigenvalue weighted by Gasteiger charge is -2.10. The van der Waals surface area contributed by atoms with Gasteiger partial charge in [0.25, 0.3) is 5.91 Å². The lowest BCUT2D eigenvalue weighted by Crippen LogP contribution is -2.32. The van der Waals surface area contributed by atoms with Crippen molar-refractivity contribution >= 4 is 39.8 Å². The van der Waals surface area contributed by atoms with Crippen molar-refractivity contribution in [2.24, 2.45) is 5.10 Å². The standard InChI is InChI=1S/C10H10N4O3S/c1-5(15)7-4-18-10(11-7)12-9(17)6-2-3-8(16)14-13-6/h4H,2-3H2,1H3,(H,14,16)(H,11,12,17). The second kappa shape index (κ2) is 5.05. The van der Waals surface area contributed by atoms with Gasteiger partial charge in [0.1, 0.15) is 11.4 Å². The second-order valence-corrected chi connectivity index (χ2v) is 4.50. The lowest BCUT2D eigenvalue weighted by molar-refractivity contribution is -0.121. The summed E-state index contributed by atoms with van der Waals surface area (Å²) >= 11 is 1.16. The van der Waals surface area contributed by atoms with Gasteiger partial charge in [-0.1, -0.05) is 0 Å². The molecule has 2 heterocycles. The zero-order valence-electron chi connectivity index (χ0n) is 9.52. The normalized spacial score (nSPS) is 14.7. The molecule has 0 saturated carbocycles. The van der Waals surface area contributed by atoms with Gasteiger partial charge in [-0.2, -0.15) is 5.10 Å². The molecule has 1 aromatic rings. The minimum atomic E-state index is -0.417. The number of anilines is 1. The Labute approximate surface area is 106 Å². The van der Waals surface area contributed by atoms with Gasteiger partial charge in [-0.05, 0) is 0 Å². The summed E-state index contributed by atoms with van der Waals surface area (Å²) in [5.41, 5.74) is 2.80. The number of thiazole rings is 1. The number of hydrogen-bond donors (Lipinski definition) is 2. The van der Waals surface area contributed by atoms with E-state index in [0.29, 0.717) is 17.2 Å². The van der Waals surface area contributed by atoms with Gasteiger partial charge in [-0.15, -0.1) is 11.3 Å². The van der Waals surface area contributed by atoms with Crippen LogP contribution in [0.3, 0.4) is 0 Å². The summed E-state index contributed by atoms with van der Waals surface area (Å²) in [4.78, 5) is 37.6. The number of hydrogen-bond acceptors (Lipinski definition) is 6. The number of nitrogens with zero attached hydrogens (tertiary/aromatic N) is 2. The van der Waals surface area contributed by atoms with Crippen LogP contribution in [0, 0.1) is 0 Å². The van der Waals surface area contributed by atoms with E-state index in [-0.39, 0.29) is 23.8 Å². The van der Waals surface area contributed by atoms with Crippen LogP contribution in [0.4, 0.5) is 5.13 Å². The molecule has 0 atom stereocenters. The quantitative estimate of drug-likeness (QED) is 0.780. The Balaban J connectivity index is 2.02. The molecule has 0 aromatic carbocycles. The van der Waals surface area contributed by atoms with Crippen LogP contribution in [0.2, 0.25) is 0 Å². The van der Waals surface area contributed by atoms with Crippen molar-refractivity contribution in [3.8, 4) is 0 Å². The van der Waals surface area contributed by atoms with E-state index in [0.717, 1.165) is 11.3 Å². The highest BCUT2D eigenvalue weighted by Gasteiger charge is 2.19. The van der Waals surface area contributed by atoms with Crippen molar-refractivity contribution in [1.29, 1.82) is 0 Å². The average Bonchev–Trinajstić information content (AvgIpc) is 2.78. The van der Waals surface area contributed by atoms with E-state index < -0.39 is 5.91 Å². The van der Waals surface area contributed by atoms with Crippen molar-refractivity contribution in [3.05, 3.63) is 11.1 Å². The number of hydrazone groups is 1. The Bertz CT molecular complexity index is 549. The highest BCUT2D eigenvalue weighted by Crippen LogP contribution is 2.16. The summed E-state index contributed by atoms with van der Waals surface area (Å²) in [5.74, 6) is -0.784. The van der Waals surface area contributed by atoms with E-state index in [1.807, 2.05) is 0 Å². The molecule has 2 amide bonds. The van der Waals surface area contributed by atoms with E-state index in [9.17, 15) is 14.4 Å². The second-order valence-electron chi connectivity index (χ2n) is 3.64. The zero-order valence-corrected chi connectivity index (χ0v) is 10.3. The van der Waals surface area contributed by atoms with Crippen LogP contribution in [-0.2, 0) is 9.59 Å². The largest absolute Gasteiger partial charge is 0.297 e. The Morgan fingerprint density at radius 1 is 1.44 bits per heavy atom. The van der Waals surface area contributed by atoms with Crippen molar-refractivity contribution < 1.29 is 14.4 Å². The highest BCUT2D eigenvalue weighted by molar-refractivity contribution is 7.14. The third-order valence-electron chi connectivity index (χ3n) is 2.25. The molecule has 0 spiro atoms. The number of ketones is 1. The van der Waals surface area contributed by atoms with Crippen LogP contribution in [0.25, 0.3) is 0 Å². The number of Topliss-reactive ketones (excluding diaryl/α,β-unsaturated/α-hetero) is 1. The van der Waals surface area contributed by atoms with Gasteiger partial charge in [-0.25, -0.2) is 10.4 Å². The SMILES string of the molecule is CC(=O)c1csc(NC(=O)C2=NNC(=O)CC2)n1. The van der Waals surface area contributed by atoms with Crippen molar-refractivity contribution in [1.82, 2.24) is 10.4 Å². The Hall–Kier alpha value is -2.09. The van der Waals surface area contributed by atoms with Crippen LogP contribution < -0.4 is 10.7 Å². The summed E-state index contributed by atoms with van der Waals surface area (Å²) in [7, 11) is 0. The number of aromatic nitrogens is 1. The fourth-order valence-corrected chi connectivity index (χ4v) is 2.04. The Morgan fingerprint density at radius 2 is 2.22 bits per heavy atom. The summed E-state index contributed by atoms with van der Waals surface area (Å²) in [5, 5.41) is 8.11. The molecule has 0 saturated heterocycles. The van der Waals surface area contributed by atoms with Crippen LogP contribution in [0.15, 0.2) is 10.5 Å². The maximum Gasteiger partial charge on any atom is 0.273 e. The molecular weight excluding hydrogens is 256 g/mol. The summed E-state index contributed by atoms with van der Waals surface area (Å²) in [6, 6.07) is 0. The molecule has 0 radical (unpaired) electrons. The van der Waals surface area contributed by atoms with Gasteiger partial charge < -0.3 is 0 Å². The molecule has 0 unspecified atom stereocenters. The van der Waals surface area contributed by atoms with E-state index in [1.54, 1.807) is 5.38 Å². The van der Waals surface area contributed by atoms with Gasteiger partial charge in [0.15, 0.2) is 10.9 Å². The molecule has 0 bridgehead atoms. The van der Waals surface area contributed by atoms with E-state index in [2.05, 4.69) is 20.8 Å². The third-order valence-corrected chi connectivity index (χ3v) is 3.01. The van der Waals surface area contributed by atoms with Crippen LogP contribution in [0.1, 0.15) is 30.3 Å². The lowest BCUT2D eigenvalue weighted by atomic mass is 10.2. The fraction of sp³-hybridized carbons (Fsp3) is 0.300. The maximum atomic E-state index is 11.7. The third kappa shape index (κ3) is 2.77. The maximum absolute atomic E-state index is 11.7. The zero-order chi connectivity index (χ0) is 13.1. The molecule has 8 heteroatoms. The number of carbonyl (C=O) groups excluding carboxylic acids is 3. The molecule has 2 N–H and O–H groups in total. The molecule has 1 aliphatic rings. The number of nitrogens with one attached hydrogen (secondary N) is 2. The van der Waals surface area contributed by atoms with E-state index in [4.69, 9.17) is 0 Å². The Morgan fingerprint density at radius 3 is 2.78 bits per heavy atom. The molecule has 0 aliphatic carbocycles. The minimum Gasteiger partial charge on any atom is -0.297 e. The predicted molar refractivity (Wildman–Crippen MR) is 65.6 cm³/mol. The van der Waals surface area contributed by atoms with Crippen LogP contribution in [0.5, 0.6) is 0 Å². The summed E-state index contributed by atoms with van der Waals surface area (Å²) in [6.45, 7) is 1.40. The van der Waals surface area contributed by atoms with Gasteiger partial charge in [0.2, 0.25) is 5.91 Å². The molecule has 18 heavy (non-hydrogen) atoms. The first-order valence-corrected chi connectivity index (χ1v) is 6.07. The number of carbonyl (C=O) groups is 3. The van der Waals surface area contributed by atoms with Crippen molar-refractivity contribution in [2.45, 2.75) is 19.8 Å². The van der Waals surface area contributed by atoms with Gasteiger partial charge in [0, 0.05) is 25.1 Å². The molecule has 94 valence electrons. The average molecular weight is 266 g/mol. The molecule has 1 aromatic heterocycles. The highest BCUT2D eigenvalue weighted by atomic mass is 32.1. The molecule has 2 rings (SSSR count). The van der Waals surface area contributed by atoms with Crippen LogP contribution >= 0.6 is 11.3 Å². The first-order chi connectivity index (χ1) is 8.56. The monoisotopic (exact) mass is 266 g/mol. The first kappa shape index (κ1) is 12.4. The van der Waals surface area contributed by atoms with E-state index >= 15 is 0 Å². The minimum absolute atomic E-state index is 0.158. The Kier molecular flexibility index (Phi) is 3.47. The molecule has 1 aliphatic heterocycles. The topological polar surface area (TPSA) is 101 Å². The summed E-state index contributed by atoms with van der Waals surface area (Å²) in [6.07, 6.45) is 0.533. The molecular formula is C10H10N4O3S. The predicted octanol–water partition coefficient (Wildman–Crippen LogP) is 0.550. The smallest absolute Gasteiger partial charge is 0.273 e. The number of amides is 2.